The summed E-state index contributed by atoms with van der Waals surface area (Å²) in [4.78, 5) is 4.53. The van der Waals surface area contributed by atoms with Gasteiger partial charge in [0, 0.05) is 6.04 Å². The second-order valence-corrected chi connectivity index (χ2v) is 5.66. The van der Waals surface area contributed by atoms with Gasteiger partial charge in [-0.05, 0) is 37.0 Å². The summed E-state index contributed by atoms with van der Waals surface area (Å²) in [5, 5.41) is 3.41. The molecule has 0 spiro atoms. The SMILES string of the molecule is CCSCCC(C)Nc1ccc(C(N)=S)nc1. The molecule has 94 valence electrons. The molecule has 3 N–H and O–H groups in total. The molecular formula is C12H19N3S2. The predicted molar refractivity (Wildman–Crippen MR) is 80.8 cm³/mol. The van der Waals surface area contributed by atoms with Crippen LogP contribution in [0, 0.1) is 0 Å². The maximum atomic E-state index is 5.49. The third-order valence-electron chi connectivity index (χ3n) is 2.33. The first-order chi connectivity index (χ1) is 8.13. The van der Waals surface area contributed by atoms with Crippen LogP contribution in [0.1, 0.15) is 26.0 Å². The van der Waals surface area contributed by atoms with Gasteiger partial charge in [0.15, 0.2) is 0 Å². The zero-order chi connectivity index (χ0) is 12.7. The molecule has 0 saturated carbocycles. The van der Waals surface area contributed by atoms with Crippen molar-refractivity contribution < 1.29 is 0 Å². The lowest BCUT2D eigenvalue weighted by atomic mass is 10.2. The first-order valence-corrected chi connectivity index (χ1v) is 7.30. The Hall–Kier alpha value is -0.810. The van der Waals surface area contributed by atoms with E-state index in [1.165, 1.54) is 11.5 Å². The minimum absolute atomic E-state index is 0.337. The van der Waals surface area contributed by atoms with E-state index in [2.05, 4.69) is 24.1 Å². The van der Waals surface area contributed by atoms with Crippen molar-refractivity contribution in [1.29, 1.82) is 0 Å². The standard InChI is InChI=1S/C12H19N3S2/c1-3-17-7-6-9(2)15-10-4-5-11(12(13)16)14-8-10/h4-5,8-9,15H,3,6-7H2,1-2H3,(H2,13,16). The average molecular weight is 269 g/mol. The van der Waals surface area contributed by atoms with Gasteiger partial charge in [-0.15, -0.1) is 0 Å². The average Bonchev–Trinajstić information content (AvgIpc) is 2.30. The number of anilines is 1. The fourth-order valence-corrected chi connectivity index (χ4v) is 2.32. The van der Waals surface area contributed by atoms with E-state index in [-0.39, 0.29) is 0 Å². The second kappa shape index (κ2) is 7.50. The van der Waals surface area contributed by atoms with Crippen LogP contribution in [0.2, 0.25) is 0 Å². The third-order valence-corrected chi connectivity index (χ3v) is 3.47. The van der Waals surface area contributed by atoms with Crippen LogP contribution in [-0.4, -0.2) is 27.5 Å². The normalized spacial score (nSPS) is 12.1. The van der Waals surface area contributed by atoms with Gasteiger partial charge in [0.25, 0.3) is 0 Å². The van der Waals surface area contributed by atoms with Gasteiger partial charge < -0.3 is 11.1 Å². The number of nitrogens with zero attached hydrogens (tertiary/aromatic N) is 1. The molecule has 0 aromatic carbocycles. The summed E-state index contributed by atoms with van der Waals surface area (Å²) in [5.74, 6) is 2.36. The molecule has 0 saturated heterocycles. The number of rotatable bonds is 7. The van der Waals surface area contributed by atoms with E-state index in [9.17, 15) is 0 Å². The maximum absolute atomic E-state index is 5.49. The van der Waals surface area contributed by atoms with Gasteiger partial charge >= 0.3 is 0 Å². The Kier molecular flexibility index (Phi) is 6.29. The highest BCUT2D eigenvalue weighted by Crippen LogP contribution is 2.11. The fraction of sp³-hybridized carbons (Fsp3) is 0.500. The van der Waals surface area contributed by atoms with E-state index in [1.54, 1.807) is 6.20 Å². The van der Waals surface area contributed by atoms with Gasteiger partial charge in [0.1, 0.15) is 4.99 Å². The molecule has 0 fully saturated rings. The molecule has 1 rings (SSSR count). The molecule has 17 heavy (non-hydrogen) atoms. The summed E-state index contributed by atoms with van der Waals surface area (Å²) in [6, 6.07) is 4.26. The Balaban J connectivity index is 2.43. The number of nitrogens with two attached hydrogens (primary N) is 1. The lowest BCUT2D eigenvalue weighted by Gasteiger charge is -2.14. The van der Waals surface area contributed by atoms with Crippen molar-refractivity contribution in [3.8, 4) is 0 Å². The van der Waals surface area contributed by atoms with E-state index in [0.29, 0.717) is 16.7 Å². The number of aromatic nitrogens is 1. The molecule has 5 heteroatoms. The van der Waals surface area contributed by atoms with E-state index in [4.69, 9.17) is 18.0 Å². The minimum Gasteiger partial charge on any atom is -0.388 e. The lowest BCUT2D eigenvalue weighted by Crippen LogP contribution is -2.17. The summed E-state index contributed by atoms with van der Waals surface area (Å²) >= 11 is 6.82. The van der Waals surface area contributed by atoms with E-state index < -0.39 is 0 Å². The molecule has 1 unspecified atom stereocenters. The molecule has 1 aromatic heterocycles. The van der Waals surface area contributed by atoms with Crippen molar-refractivity contribution in [2.24, 2.45) is 5.73 Å². The molecule has 0 aliphatic heterocycles. The first kappa shape index (κ1) is 14.3. The molecule has 0 aliphatic carbocycles. The van der Waals surface area contributed by atoms with Gasteiger partial charge in [0.2, 0.25) is 0 Å². The van der Waals surface area contributed by atoms with Crippen molar-refractivity contribution in [2.75, 3.05) is 16.8 Å². The topological polar surface area (TPSA) is 50.9 Å². The highest BCUT2D eigenvalue weighted by atomic mass is 32.2. The van der Waals surface area contributed by atoms with Crippen LogP contribution in [-0.2, 0) is 0 Å². The lowest BCUT2D eigenvalue weighted by molar-refractivity contribution is 0.771. The van der Waals surface area contributed by atoms with E-state index in [0.717, 1.165) is 12.1 Å². The number of pyridine rings is 1. The van der Waals surface area contributed by atoms with Gasteiger partial charge in [0.05, 0.1) is 17.6 Å². The Morgan fingerprint density at radius 3 is 2.88 bits per heavy atom. The highest BCUT2D eigenvalue weighted by Gasteiger charge is 2.03. The summed E-state index contributed by atoms with van der Waals surface area (Å²) in [6.07, 6.45) is 2.92. The molecule has 0 bridgehead atoms. The number of thiocarbonyl (C=S) groups is 1. The highest BCUT2D eigenvalue weighted by molar-refractivity contribution is 7.99. The minimum atomic E-state index is 0.337. The molecule has 0 amide bonds. The monoisotopic (exact) mass is 269 g/mol. The number of hydrogen-bond acceptors (Lipinski definition) is 4. The number of nitrogens with one attached hydrogen (secondary N) is 1. The molecule has 3 nitrogen and oxygen atoms in total. The van der Waals surface area contributed by atoms with E-state index in [1.807, 2.05) is 23.9 Å². The Morgan fingerprint density at radius 2 is 2.35 bits per heavy atom. The maximum Gasteiger partial charge on any atom is 0.122 e. The molecule has 1 heterocycles. The second-order valence-electron chi connectivity index (χ2n) is 3.83. The Labute approximate surface area is 113 Å². The predicted octanol–water partition coefficient (Wildman–Crippen LogP) is 2.66. The number of thioether (sulfide) groups is 1. The van der Waals surface area contributed by atoms with Crippen LogP contribution in [0.25, 0.3) is 0 Å². The van der Waals surface area contributed by atoms with Crippen molar-refractivity contribution in [3.63, 3.8) is 0 Å². The Morgan fingerprint density at radius 1 is 1.59 bits per heavy atom. The Bertz CT molecular complexity index is 351. The van der Waals surface area contributed by atoms with Crippen molar-refractivity contribution in [1.82, 2.24) is 4.98 Å². The molecule has 0 aliphatic rings. The van der Waals surface area contributed by atoms with E-state index >= 15 is 0 Å². The summed E-state index contributed by atoms with van der Waals surface area (Å²) < 4.78 is 0. The van der Waals surface area contributed by atoms with Crippen LogP contribution in [0.15, 0.2) is 18.3 Å². The summed E-state index contributed by atoms with van der Waals surface area (Å²) in [7, 11) is 0. The van der Waals surface area contributed by atoms with Crippen LogP contribution < -0.4 is 11.1 Å². The summed E-state index contributed by atoms with van der Waals surface area (Å²) in [5.41, 5.74) is 7.17. The molecular weight excluding hydrogens is 250 g/mol. The van der Waals surface area contributed by atoms with Crippen molar-refractivity contribution >= 4 is 34.7 Å². The first-order valence-electron chi connectivity index (χ1n) is 5.73. The van der Waals surface area contributed by atoms with Crippen molar-refractivity contribution in [3.05, 3.63) is 24.0 Å². The van der Waals surface area contributed by atoms with Gasteiger partial charge in [-0.25, -0.2) is 0 Å². The zero-order valence-electron chi connectivity index (χ0n) is 10.3. The molecule has 1 aromatic rings. The summed E-state index contributed by atoms with van der Waals surface area (Å²) in [6.45, 7) is 4.36. The smallest absolute Gasteiger partial charge is 0.122 e. The van der Waals surface area contributed by atoms with Crippen molar-refractivity contribution in [2.45, 2.75) is 26.3 Å². The van der Waals surface area contributed by atoms with Gasteiger partial charge in [-0.3, -0.25) is 4.98 Å². The quantitative estimate of drug-likeness (QED) is 0.589. The van der Waals surface area contributed by atoms with Gasteiger partial charge in [-0.2, -0.15) is 11.8 Å². The van der Waals surface area contributed by atoms with Gasteiger partial charge in [-0.1, -0.05) is 19.1 Å². The van der Waals surface area contributed by atoms with Crippen LogP contribution >= 0.6 is 24.0 Å². The third kappa shape index (κ3) is 5.37. The number of hydrogen-bond donors (Lipinski definition) is 2. The molecule has 1 atom stereocenters. The van der Waals surface area contributed by atoms with Crippen LogP contribution in [0.5, 0.6) is 0 Å². The van der Waals surface area contributed by atoms with Crippen LogP contribution in [0.3, 0.4) is 0 Å². The van der Waals surface area contributed by atoms with Crippen LogP contribution in [0.4, 0.5) is 5.69 Å². The largest absolute Gasteiger partial charge is 0.388 e. The zero-order valence-corrected chi connectivity index (χ0v) is 11.9. The molecule has 0 radical (unpaired) electrons. The fourth-order valence-electron chi connectivity index (χ4n) is 1.39.